The molecule has 8 nitrogen and oxygen atoms in total. The lowest BCUT2D eigenvalue weighted by Gasteiger charge is -2.34. The number of esters is 1. The van der Waals surface area contributed by atoms with Gasteiger partial charge < -0.3 is 20.3 Å². The summed E-state index contributed by atoms with van der Waals surface area (Å²) in [7, 11) is 0. The van der Waals surface area contributed by atoms with E-state index in [1.807, 2.05) is 48.5 Å². The van der Waals surface area contributed by atoms with E-state index in [0.29, 0.717) is 0 Å². The second-order valence-corrected chi connectivity index (χ2v) is 9.55. The Balaban J connectivity index is 1.61. The molecule has 0 unspecified atom stereocenters. The lowest BCUT2D eigenvalue weighted by molar-refractivity contribution is -0.169. The number of hydrogen-bond donors (Lipinski definition) is 2. The Bertz CT molecular complexity index is 1060. The van der Waals surface area contributed by atoms with E-state index in [0.717, 1.165) is 27.2 Å². The van der Waals surface area contributed by atoms with Crippen LogP contribution in [-0.2, 0) is 19.1 Å². The third kappa shape index (κ3) is 3.95. The van der Waals surface area contributed by atoms with Crippen LogP contribution in [-0.4, -0.2) is 58.4 Å². The van der Waals surface area contributed by atoms with Crippen LogP contribution in [0.4, 0.5) is 4.79 Å². The van der Waals surface area contributed by atoms with Gasteiger partial charge in [0.25, 0.3) is 0 Å². The largest absolute Gasteiger partial charge is 0.479 e. The molecule has 8 heteroatoms. The summed E-state index contributed by atoms with van der Waals surface area (Å²) in [6.45, 7) is 4.81. The van der Waals surface area contributed by atoms with Crippen LogP contribution in [0, 0.1) is 0 Å². The number of benzene rings is 2. The number of ether oxygens (including phenoxy) is 2. The highest BCUT2D eigenvalue weighted by Gasteiger charge is 2.61. The van der Waals surface area contributed by atoms with Gasteiger partial charge in [0.2, 0.25) is 5.54 Å². The number of carboxylic acids is 1. The molecule has 174 valence electrons. The molecule has 0 aromatic heterocycles. The van der Waals surface area contributed by atoms with Crippen molar-refractivity contribution in [3.8, 4) is 11.1 Å². The molecule has 0 radical (unpaired) electrons. The number of rotatable bonds is 4. The molecule has 0 spiro atoms. The fourth-order valence-electron chi connectivity index (χ4n) is 4.69. The van der Waals surface area contributed by atoms with Crippen LogP contribution in [0.3, 0.4) is 0 Å². The van der Waals surface area contributed by atoms with Gasteiger partial charge in [-0.1, -0.05) is 48.5 Å². The van der Waals surface area contributed by atoms with Crippen molar-refractivity contribution < 1.29 is 29.0 Å². The van der Waals surface area contributed by atoms with Crippen LogP contribution < -0.4 is 5.73 Å². The van der Waals surface area contributed by atoms with Gasteiger partial charge in [0.05, 0.1) is 0 Å². The zero-order valence-corrected chi connectivity index (χ0v) is 18.9. The van der Waals surface area contributed by atoms with Gasteiger partial charge in [-0.05, 0) is 43.0 Å². The van der Waals surface area contributed by atoms with Gasteiger partial charge in [-0.15, -0.1) is 0 Å². The Morgan fingerprint density at radius 2 is 1.61 bits per heavy atom. The average Bonchev–Trinajstić information content (AvgIpc) is 3.27. The first-order valence-electron chi connectivity index (χ1n) is 10.9. The zero-order chi connectivity index (χ0) is 24.0. The molecule has 4 rings (SSSR count). The molecule has 2 atom stereocenters. The molecule has 1 fully saturated rings. The van der Waals surface area contributed by atoms with Gasteiger partial charge in [-0.3, -0.25) is 4.90 Å². The summed E-state index contributed by atoms with van der Waals surface area (Å²) in [4.78, 5) is 39.4. The minimum atomic E-state index is -2.24. The molecule has 1 heterocycles. The monoisotopic (exact) mass is 452 g/mol. The number of likely N-dealkylation sites (tertiary alicyclic amines) is 1. The van der Waals surface area contributed by atoms with Crippen molar-refractivity contribution in [2.45, 2.75) is 50.3 Å². The van der Waals surface area contributed by atoms with E-state index in [9.17, 15) is 19.5 Å². The van der Waals surface area contributed by atoms with Gasteiger partial charge in [-0.2, -0.15) is 0 Å². The number of aliphatic carboxylic acids is 1. The van der Waals surface area contributed by atoms with E-state index in [-0.39, 0.29) is 25.5 Å². The summed E-state index contributed by atoms with van der Waals surface area (Å²) < 4.78 is 11.0. The lowest BCUT2D eigenvalue weighted by atomic mass is 9.94. The molecule has 1 aliphatic carbocycles. The number of carbonyl (C=O) groups excluding carboxylic acids is 2. The Hall–Kier alpha value is -3.39. The molecule has 3 N–H and O–H groups in total. The molecule has 1 saturated heterocycles. The molecule has 2 aromatic rings. The van der Waals surface area contributed by atoms with Gasteiger partial charge in [0.15, 0.2) is 0 Å². The molecule has 33 heavy (non-hydrogen) atoms. The normalized spacial score (nSPS) is 21.9. The first-order valence-corrected chi connectivity index (χ1v) is 10.9. The predicted molar refractivity (Wildman–Crippen MR) is 121 cm³/mol. The number of nitrogens with two attached hydrogens (primary N) is 1. The fourth-order valence-corrected chi connectivity index (χ4v) is 4.69. The van der Waals surface area contributed by atoms with E-state index < -0.39 is 35.2 Å². The quantitative estimate of drug-likeness (QED) is 0.540. The number of carboxylic acid groups (broad SMARTS) is 1. The van der Waals surface area contributed by atoms with Crippen LogP contribution in [0.2, 0.25) is 0 Å². The van der Waals surface area contributed by atoms with Gasteiger partial charge >= 0.3 is 18.0 Å². The fraction of sp³-hybridized carbons (Fsp3) is 0.400. The smallest absolute Gasteiger partial charge is 0.411 e. The van der Waals surface area contributed by atoms with Crippen LogP contribution in [0.5, 0.6) is 0 Å². The number of nitrogens with zero attached hydrogens (tertiary/aromatic N) is 1. The Morgan fingerprint density at radius 1 is 1.06 bits per heavy atom. The highest BCUT2D eigenvalue weighted by atomic mass is 16.6. The maximum Gasteiger partial charge on any atom is 0.411 e. The Labute approximate surface area is 192 Å². The summed E-state index contributed by atoms with van der Waals surface area (Å²) in [5.74, 6) is -2.74. The number of amides is 1. The lowest BCUT2D eigenvalue weighted by Crippen LogP contribution is -2.60. The van der Waals surface area contributed by atoms with Crippen molar-refractivity contribution in [1.82, 2.24) is 4.90 Å². The Morgan fingerprint density at radius 3 is 2.12 bits per heavy atom. The number of carbonyl (C=O) groups is 3. The zero-order valence-electron chi connectivity index (χ0n) is 18.9. The van der Waals surface area contributed by atoms with Crippen molar-refractivity contribution in [2.75, 3.05) is 13.2 Å². The molecule has 2 aromatic carbocycles. The second-order valence-electron chi connectivity index (χ2n) is 9.55. The molecule has 0 bridgehead atoms. The third-order valence-electron chi connectivity index (χ3n) is 6.08. The summed E-state index contributed by atoms with van der Waals surface area (Å²) in [6.07, 6.45) is -1.16. The minimum absolute atomic E-state index is 0.0563. The van der Waals surface area contributed by atoms with Crippen molar-refractivity contribution in [2.24, 2.45) is 5.73 Å². The standard InChI is InChI=1S/C25H28N2O6/c1-24(2,3)33-23(31)27-13-15(26)12-25(27,21(28)29)22(30)32-14-20-18-10-6-4-8-16(18)17-9-5-7-11-19(17)20/h4-11,15,20H,12-14,26H2,1-3H3,(H,28,29)/t15-,25-/m1/s1. The van der Waals surface area contributed by atoms with E-state index in [1.165, 1.54) is 0 Å². The highest BCUT2D eigenvalue weighted by molar-refractivity contribution is 6.07. The molecular formula is C25H28N2O6. The van der Waals surface area contributed by atoms with Crippen LogP contribution in [0.25, 0.3) is 11.1 Å². The molecule has 2 aliphatic rings. The highest BCUT2D eigenvalue weighted by Crippen LogP contribution is 2.45. The van der Waals surface area contributed by atoms with E-state index in [1.54, 1.807) is 20.8 Å². The number of fused-ring (bicyclic) bond motifs is 3. The average molecular weight is 453 g/mol. The van der Waals surface area contributed by atoms with Crippen molar-refractivity contribution >= 4 is 18.0 Å². The van der Waals surface area contributed by atoms with Crippen LogP contribution in [0.1, 0.15) is 44.2 Å². The molecule has 1 aliphatic heterocycles. The van der Waals surface area contributed by atoms with Crippen molar-refractivity contribution in [3.05, 3.63) is 59.7 Å². The first kappa shape index (κ1) is 22.8. The summed E-state index contributed by atoms with van der Waals surface area (Å²) in [5.41, 5.74) is 7.02. The molecular weight excluding hydrogens is 424 g/mol. The van der Waals surface area contributed by atoms with Crippen LogP contribution in [0.15, 0.2) is 48.5 Å². The Kier molecular flexibility index (Phi) is 5.66. The third-order valence-corrected chi connectivity index (χ3v) is 6.08. The summed E-state index contributed by atoms with van der Waals surface area (Å²) in [5, 5.41) is 10.1. The van der Waals surface area contributed by atoms with Crippen molar-refractivity contribution in [1.29, 1.82) is 0 Å². The summed E-state index contributed by atoms with van der Waals surface area (Å²) >= 11 is 0. The maximum absolute atomic E-state index is 13.3. The van der Waals surface area contributed by atoms with Gasteiger partial charge in [0, 0.05) is 24.9 Å². The van der Waals surface area contributed by atoms with Crippen LogP contribution >= 0.6 is 0 Å². The maximum atomic E-state index is 13.3. The van der Waals surface area contributed by atoms with Gasteiger partial charge in [0.1, 0.15) is 12.2 Å². The van der Waals surface area contributed by atoms with E-state index in [2.05, 4.69) is 0 Å². The minimum Gasteiger partial charge on any atom is -0.479 e. The molecule has 1 amide bonds. The molecule has 0 saturated carbocycles. The predicted octanol–water partition coefficient (Wildman–Crippen LogP) is 3.13. The topological polar surface area (TPSA) is 119 Å². The van der Waals surface area contributed by atoms with Crippen molar-refractivity contribution in [3.63, 3.8) is 0 Å². The van der Waals surface area contributed by atoms with E-state index >= 15 is 0 Å². The second kappa shape index (κ2) is 8.19. The SMILES string of the molecule is CC(C)(C)OC(=O)N1C[C@H](N)C[C@@]1(C(=O)O)C(=O)OCC1c2ccccc2-c2ccccc21. The van der Waals surface area contributed by atoms with Gasteiger partial charge in [-0.25, -0.2) is 14.4 Å². The van der Waals surface area contributed by atoms with E-state index in [4.69, 9.17) is 15.2 Å². The number of hydrogen-bond acceptors (Lipinski definition) is 6. The summed E-state index contributed by atoms with van der Waals surface area (Å²) in [6, 6.07) is 15.0. The first-order chi connectivity index (χ1) is 15.5.